The van der Waals surface area contributed by atoms with E-state index < -0.39 is 36.1 Å². The van der Waals surface area contributed by atoms with Crippen LogP contribution in [0.15, 0.2) is 91.0 Å². The van der Waals surface area contributed by atoms with E-state index in [1.807, 2.05) is 66.7 Å². The average Bonchev–Trinajstić information content (AvgIpc) is 3.51. The van der Waals surface area contributed by atoms with Crippen molar-refractivity contribution in [1.82, 2.24) is 16.0 Å². The highest BCUT2D eigenvalue weighted by Gasteiger charge is 2.32. The first-order valence-electron chi connectivity index (χ1n) is 19.6. The van der Waals surface area contributed by atoms with E-state index in [4.69, 9.17) is 9.47 Å². The Morgan fingerprint density at radius 2 is 1.56 bits per heavy atom. The number of esters is 1. The Kier molecular flexibility index (Phi) is 13.9. The van der Waals surface area contributed by atoms with Crippen LogP contribution >= 0.6 is 0 Å². The lowest BCUT2D eigenvalue weighted by molar-refractivity contribution is -0.148. The molecule has 0 aromatic heterocycles. The monoisotopic (exact) mass is 735 g/mol. The molecule has 4 atom stereocenters. The average molecular weight is 736 g/mol. The minimum absolute atomic E-state index is 0.0417. The summed E-state index contributed by atoms with van der Waals surface area (Å²) in [4.78, 5) is 53.8. The minimum Gasteiger partial charge on any atom is -0.462 e. The number of fused-ring (bicyclic) bond motifs is 3. The maximum atomic E-state index is 13.8. The fraction of sp³-hybridized carbons (Fsp3) is 0.455. The van der Waals surface area contributed by atoms with E-state index in [-0.39, 0.29) is 50.4 Å². The number of rotatable bonds is 11. The Morgan fingerprint density at radius 1 is 0.870 bits per heavy atom. The summed E-state index contributed by atoms with van der Waals surface area (Å²) >= 11 is 0. The van der Waals surface area contributed by atoms with Crippen LogP contribution in [0.2, 0.25) is 0 Å². The van der Waals surface area contributed by atoms with Gasteiger partial charge in [0.25, 0.3) is 0 Å². The molecule has 3 aliphatic rings. The number of aliphatic hydroxyl groups is 1. The zero-order valence-corrected chi connectivity index (χ0v) is 30.9. The number of carbonyl (C=O) groups is 4. The third-order valence-electron chi connectivity index (χ3n) is 11.0. The van der Waals surface area contributed by atoms with Gasteiger partial charge in [0.2, 0.25) is 11.8 Å². The van der Waals surface area contributed by atoms with Crippen LogP contribution in [0, 0.1) is 11.8 Å². The van der Waals surface area contributed by atoms with Gasteiger partial charge in [0.1, 0.15) is 19.3 Å². The number of hydrogen-bond donors (Lipinski definition) is 4. The predicted molar refractivity (Wildman–Crippen MR) is 206 cm³/mol. The standard InChI is InChI=1S/C44H53N3O7/c48-27-33(24-30-14-4-1-5-15-30)45-41(49)26-32-18-8-3-9-23-40(43(51)53-28-34(46-42(32)50)25-31-16-6-2-7-17-31)47-44(52)54-29-39-37-21-12-10-19-35(37)36-20-11-13-22-38(36)39/h1,3-5,8,10-15,19-22,31-34,39-40,48H,2,6-7,9,16-18,23-29H2,(H,45,49)(H,46,50)(H,47,52)/t32-,33-,34+,40+/m1/s1. The van der Waals surface area contributed by atoms with Crippen molar-refractivity contribution in [3.63, 3.8) is 0 Å². The van der Waals surface area contributed by atoms with Crippen molar-refractivity contribution in [2.24, 2.45) is 11.8 Å². The van der Waals surface area contributed by atoms with Crippen LogP contribution in [0.25, 0.3) is 11.1 Å². The van der Waals surface area contributed by atoms with Gasteiger partial charge in [-0.1, -0.05) is 123 Å². The van der Waals surface area contributed by atoms with Crippen molar-refractivity contribution in [1.29, 1.82) is 0 Å². The molecule has 0 unspecified atom stereocenters. The van der Waals surface area contributed by atoms with E-state index in [1.165, 1.54) is 6.42 Å². The highest BCUT2D eigenvalue weighted by atomic mass is 16.6. The van der Waals surface area contributed by atoms with Gasteiger partial charge >= 0.3 is 12.1 Å². The molecule has 3 amide bonds. The van der Waals surface area contributed by atoms with Crippen molar-refractivity contribution < 1.29 is 33.8 Å². The number of allylic oxidation sites excluding steroid dienone is 2. The van der Waals surface area contributed by atoms with Crippen LogP contribution in [0.4, 0.5) is 4.79 Å². The van der Waals surface area contributed by atoms with Crippen molar-refractivity contribution in [3.05, 3.63) is 108 Å². The van der Waals surface area contributed by atoms with Gasteiger partial charge < -0.3 is 30.5 Å². The molecule has 286 valence electrons. The lowest BCUT2D eigenvalue weighted by Gasteiger charge is -2.28. The third-order valence-corrected chi connectivity index (χ3v) is 11.0. The summed E-state index contributed by atoms with van der Waals surface area (Å²) in [5, 5.41) is 18.8. The molecular weight excluding hydrogens is 682 g/mol. The van der Waals surface area contributed by atoms with E-state index in [9.17, 15) is 24.3 Å². The van der Waals surface area contributed by atoms with E-state index in [0.717, 1.165) is 53.5 Å². The largest absolute Gasteiger partial charge is 0.462 e. The zero-order chi connectivity index (χ0) is 37.7. The quantitative estimate of drug-likeness (QED) is 0.133. The molecule has 2 aliphatic carbocycles. The molecule has 0 radical (unpaired) electrons. The number of benzene rings is 3. The first kappa shape index (κ1) is 38.8. The van der Waals surface area contributed by atoms with Gasteiger partial charge in [-0.3, -0.25) is 9.59 Å². The van der Waals surface area contributed by atoms with Gasteiger partial charge in [-0.15, -0.1) is 0 Å². The minimum atomic E-state index is -0.946. The molecule has 1 saturated carbocycles. The number of aliphatic hydroxyl groups excluding tert-OH is 1. The summed E-state index contributed by atoms with van der Waals surface area (Å²) < 4.78 is 11.6. The highest BCUT2D eigenvalue weighted by molar-refractivity contribution is 5.86. The van der Waals surface area contributed by atoms with Gasteiger partial charge in [-0.25, -0.2) is 9.59 Å². The predicted octanol–water partition coefficient (Wildman–Crippen LogP) is 6.36. The molecule has 0 bridgehead atoms. The molecule has 54 heavy (non-hydrogen) atoms. The Hall–Kier alpha value is -4.96. The second kappa shape index (κ2) is 19.4. The highest BCUT2D eigenvalue weighted by Crippen LogP contribution is 2.44. The van der Waals surface area contributed by atoms with E-state index >= 15 is 0 Å². The molecule has 0 saturated heterocycles. The van der Waals surface area contributed by atoms with Crippen molar-refractivity contribution >= 4 is 23.9 Å². The second-order valence-corrected chi connectivity index (χ2v) is 14.9. The summed E-state index contributed by atoms with van der Waals surface area (Å²) in [5.74, 6) is -1.55. The van der Waals surface area contributed by atoms with Gasteiger partial charge in [-0.2, -0.15) is 0 Å². The molecule has 10 nitrogen and oxygen atoms in total. The van der Waals surface area contributed by atoms with Crippen molar-refractivity contribution in [2.75, 3.05) is 19.8 Å². The smallest absolute Gasteiger partial charge is 0.407 e. The number of carbonyl (C=O) groups excluding carboxylic acids is 4. The Labute approximate surface area is 318 Å². The molecule has 1 heterocycles. The normalized spacial score (nSPS) is 21.5. The van der Waals surface area contributed by atoms with Crippen LogP contribution in [-0.2, 0) is 30.3 Å². The zero-order valence-electron chi connectivity index (χ0n) is 30.9. The van der Waals surface area contributed by atoms with Crippen LogP contribution in [0.1, 0.15) is 86.8 Å². The molecule has 4 N–H and O–H groups in total. The lowest BCUT2D eigenvalue weighted by Crippen LogP contribution is -2.47. The summed E-state index contributed by atoms with van der Waals surface area (Å²) in [6.45, 7) is -0.144. The summed E-state index contributed by atoms with van der Waals surface area (Å²) in [5.41, 5.74) is 5.44. The molecule has 3 aromatic carbocycles. The Balaban J connectivity index is 1.10. The summed E-state index contributed by atoms with van der Waals surface area (Å²) in [6.07, 6.45) is 10.6. The van der Waals surface area contributed by atoms with Gasteiger partial charge in [0, 0.05) is 12.3 Å². The summed E-state index contributed by atoms with van der Waals surface area (Å²) in [6, 6.07) is 24.0. The fourth-order valence-electron chi connectivity index (χ4n) is 8.12. The van der Waals surface area contributed by atoms with E-state index in [2.05, 4.69) is 40.2 Å². The van der Waals surface area contributed by atoms with Gasteiger partial charge in [0.05, 0.1) is 24.6 Å². The number of cyclic esters (lactones) is 1. The Bertz CT molecular complexity index is 1710. The Morgan fingerprint density at radius 3 is 2.26 bits per heavy atom. The van der Waals surface area contributed by atoms with E-state index in [1.54, 1.807) is 0 Å². The number of hydrogen-bond acceptors (Lipinski definition) is 7. The van der Waals surface area contributed by atoms with Crippen LogP contribution in [0.3, 0.4) is 0 Å². The van der Waals surface area contributed by atoms with Gasteiger partial charge in [0.15, 0.2) is 0 Å². The number of alkyl carbamates (subject to hydrolysis) is 1. The number of ether oxygens (including phenoxy) is 2. The molecule has 1 aliphatic heterocycles. The maximum absolute atomic E-state index is 13.8. The molecule has 0 spiro atoms. The SMILES string of the molecule is O=C(C[C@H]1CC=CCC[C@H](NC(=O)OCC2c3ccccc3-c3ccccc32)C(=O)OC[C@H](CC2CCCCC2)NC1=O)N[C@@H](CO)Cc1ccccc1. The molecule has 6 rings (SSSR count). The van der Waals surface area contributed by atoms with Crippen molar-refractivity contribution in [3.8, 4) is 11.1 Å². The lowest BCUT2D eigenvalue weighted by atomic mass is 9.84. The maximum Gasteiger partial charge on any atom is 0.407 e. The molecule has 1 fully saturated rings. The topological polar surface area (TPSA) is 143 Å². The van der Waals surface area contributed by atoms with Crippen LogP contribution in [0.5, 0.6) is 0 Å². The molecular formula is C44H53N3O7. The van der Waals surface area contributed by atoms with Crippen LogP contribution < -0.4 is 16.0 Å². The fourth-order valence-corrected chi connectivity index (χ4v) is 8.12. The van der Waals surface area contributed by atoms with Gasteiger partial charge in [-0.05, 0) is 65.8 Å². The van der Waals surface area contributed by atoms with E-state index in [0.29, 0.717) is 31.6 Å². The molecule has 10 heteroatoms. The first-order chi connectivity index (χ1) is 26.4. The van der Waals surface area contributed by atoms with Crippen LogP contribution in [-0.4, -0.2) is 66.9 Å². The second-order valence-electron chi connectivity index (χ2n) is 14.9. The number of amides is 3. The number of nitrogens with one attached hydrogen (secondary N) is 3. The first-order valence-corrected chi connectivity index (χ1v) is 19.6. The molecule has 3 aromatic rings. The summed E-state index contributed by atoms with van der Waals surface area (Å²) in [7, 11) is 0. The third kappa shape index (κ3) is 10.6. The van der Waals surface area contributed by atoms with Crippen molar-refractivity contribution in [2.45, 2.75) is 94.7 Å².